The Morgan fingerprint density at radius 2 is 1.28 bits per heavy atom. The zero-order chi connectivity index (χ0) is 23.4. The molecule has 16 heteroatoms. The minimum atomic E-state index is -0.763. The van der Waals surface area contributed by atoms with Gasteiger partial charge in [0, 0.05) is 11.5 Å². The van der Waals surface area contributed by atoms with Crippen LogP contribution in [0.2, 0.25) is 0 Å². The largest absolute Gasteiger partial charge is 0.393 e. The molecule has 2 aromatic rings. The fourth-order valence-corrected chi connectivity index (χ4v) is 4.56. The number of hydrogen-bond donors (Lipinski definition) is 4. The Morgan fingerprint density at radius 3 is 1.59 bits per heavy atom. The van der Waals surface area contributed by atoms with Gasteiger partial charge in [0.05, 0.1) is 25.6 Å². The summed E-state index contributed by atoms with van der Waals surface area (Å²) in [5, 5.41) is 17.7. The number of thioether (sulfide) groups is 2. The van der Waals surface area contributed by atoms with Crippen LogP contribution in [0.3, 0.4) is 0 Å². The molecule has 0 aromatic carbocycles. The average molecular weight is 495 g/mol. The summed E-state index contributed by atoms with van der Waals surface area (Å²) in [5.41, 5.74) is 8.20. The first-order valence-electron chi connectivity index (χ1n) is 9.07. The number of rotatable bonds is 4. The predicted octanol–water partition coefficient (Wildman–Crippen LogP) is -0.910. The second kappa shape index (κ2) is 10.6. The lowest BCUT2D eigenvalue weighted by Crippen LogP contribution is -2.29. The van der Waals surface area contributed by atoms with Gasteiger partial charge < -0.3 is 31.2 Å². The van der Waals surface area contributed by atoms with Crippen LogP contribution in [0.5, 0.6) is 0 Å². The van der Waals surface area contributed by atoms with Crippen LogP contribution in [-0.4, -0.2) is 64.9 Å². The second-order valence-electron chi connectivity index (χ2n) is 6.40. The molecule has 0 saturated carbocycles. The maximum atomic E-state index is 13.1. The van der Waals surface area contributed by atoms with Gasteiger partial charge in [0.25, 0.3) is 0 Å². The van der Waals surface area contributed by atoms with Gasteiger partial charge >= 0.3 is 11.4 Å². The Kier molecular flexibility index (Phi) is 8.07. The van der Waals surface area contributed by atoms with Crippen molar-refractivity contribution < 1.29 is 28.5 Å². The van der Waals surface area contributed by atoms with Gasteiger partial charge in [0.2, 0.25) is 0 Å². The third kappa shape index (κ3) is 5.57. The number of aliphatic hydroxyl groups excluding tert-OH is 2. The maximum absolute atomic E-state index is 13.1. The van der Waals surface area contributed by atoms with Crippen molar-refractivity contribution in [2.24, 2.45) is 0 Å². The molecule has 176 valence electrons. The first-order valence-corrected chi connectivity index (χ1v) is 11.2. The quantitative estimate of drug-likeness (QED) is 0.411. The number of nitrogen functional groups attached to an aromatic ring is 2. The van der Waals surface area contributed by atoms with Crippen LogP contribution in [-0.2, 0) is 9.47 Å². The van der Waals surface area contributed by atoms with Crippen molar-refractivity contribution >= 4 is 35.2 Å². The molecule has 0 spiro atoms. The summed E-state index contributed by atoms with van der Waals surface area (Å²) in [5.74, 6) is -1.47. The molecule has 0 amide bonds. The van der Waals surface area contributed by atoms with Crippen molar-refractivity contribution in [3.05, 3.63) is 45.0 Å². The van der Waals surface area contributed by atoms with Crippen LogP contribution in [0.25, 0.3) is 0 Å². The van der Waals surface area contributed by atoms with Gasteiger partial charge in [0.15, 0.2) is 23.3 Å². The SMILES string of the molecule is Nc1nc(=O)n([C@@H]2CS[C@@H](CO)O2)cc1F.Nc1nc(=O)n([C@H]2CS[C@H](CO)O2)cc1F. The van der Waals surface area contributed by atoms with Crippen molar-refractivity contribution in [1.29, 1.82) is 0 Å². The Morgan fingerprint density at radius 1 is 0.906 bits per heavy atom. The number of anilines is 2. The minimum Gasteiger partial charge on any atom is -0.393 e. The molecule has 4 atom stereocenters. The smallest absolute Gasteiger partial charge is 0.351 e. The van der Waals surface area contributed by atoms with E-state index in [-0.39, 0.29) is 13.2 Å². The van der Waals surface area contributed by atoms with Crippen molar-refractivity contribution in [3.8, 4) is 0 Å². The molecular formula is C16H20F2N6O6S2. The van der Waals surface area contributed by atoms with Crippen molar-refractivity contribution in [3.63, 3.8) is 0 Å². The number of nitrogens with zero attached hydrogens (tertiary/aromatic N) is 4. The van der Waals surface area contributed by atoms with E-state index in [1.807, 2.05) is 0 Å². The third-order valence-electron chi connectivity index (χ3n) is 4.25. The maximum Gasteiger partial charge on any atom is 0.351 e. The highest BCUT2D eigenvalue weighted by Crippen LogP contribution is 2.31. The summed E-state index contributed by atoms with van der Waals surface area (Å²) in [6.45, 7) is -0.304. The molecule has 6 N–H and O–H groups in total. The highest BCUT2D eigenvalue weighted by molar-refractivity contribution is 8.00. The lowest BCUT2D eigenvalue weighted by Gasteiger charge is -2.13. The van der Waals surface area contributed by atoms with Gasteiger partial charge in [-0.2, -0.15) is 9.97 Å². The van der Waals surface area contributed by atoms with Crippen LogP contribution in [0.15, 0.2) is 22.0 Å². The predicted molar refractivity (Wildman–Crippen MR) is 113 cm³/mol. The normalized spacial score (nSPS) is 24.9. The average Bonchev–Trinajstić information content (AvgIpc) is 3.43. The van der Waals surface area contributed by atoms with E-state index in [0.717, 1.165) is 21.5 Å². The highest BCUT2D eigenvalue weighted by Gasteiger charge is 2.29. The molecule has 0 aliphatic carbocycles. The van der Waals surface area contributed by atoms with Crippen molar-refractivity contribution in [2.45, 2.75) is 23.3 Å². The molecule has 2 aliphatic rings. The van der Waals surface area contributed by atoms with Gasteiger partial charge in [-0.3, -0.25) is 9.13 Å². The van der Waals surface area contributed by atoms with Gasteiger partial charge in [-0.05, 0) is 0 Å². The van der Waals surface area contributed by atoms with Gasteiger partial charge in [-0.15, -0.1) is 23.5 Å². The third-order valence-corrected chi connectivity index (χ3v) is 6.47. The monoisotopic (exact) mass is 494 g/mol. The first-order chi connectivity index (χ1) is 15.2. The zero-order valence-electron chi connectivity index (χ0n) is 16.3. The molecule has 0 radical (unpaired) electrons. The Labute approximate surface area is 187 Å². The molecule has 2 aliphatic heterocycles. The molecule has 4 rings (SSSR count). The molecule has 2 aromatic heterocycles. The molecule has 2 fully saturated rings. The molecular weight excluding hydrogens is 474 g/mol. The molecule has 0 bridgehead atoms. The fourth-order valence-electron chi connectivity index (χ4n) is 2.70. The molecule has 12 nitrogen and oxygen atoms in total. The summed E-state index contributed by atoms with van der Waals surface area (Å²) in [7, 11) is 0. The van der Waals surface area contributed by atoms with Crippen LogP contribution >= 0.6 is 23.5 Å². The number of halogens is 2. The van der Waals surface area contributed by atoms with E-state index in [9.17, 15) is 18.4 Å². The summed E-state index contributed by atoms with van der Waals surface area (Å²) >= 11 is 2.70. The summed E-state index contributed by atoms with van der Waals surface area (Å²) in [6.07, 6.45) is 0.708. The first kappa shape index (κ1) is 24.4. The van der Waals surface area contributed by atoms with Gasteiger partial charge in [-0.25, -0.2) is 18.4 Å². The summed E-state index contributed by atoms with van der Waals surface area (Å²) in [4.78, 5) is 29.5. The minimum absolute atomic E-state index is 0.152. The molecule has 4 heterocycles. The Bertz CT molecular complexity index is 989. The van der Waals surface area contributed by atoms with Crippen LogP contribution in [0.4, 0.5) is 20.4 Å². The number of hydrogen-bond acceptors (Lipinski definition) is 12. The zero-order valence-corrected chi connectivity index (χ0v) is 18.0. The standard InChI is InChI=1S/2C8H10FN3O3S/c2*9-4-1-12(8(14)11-7(4)10)5-3-16-6(2-13)15-5/h2*1,5-6,13H,2-3H2,(H2,10,11,14)/t2*5-,6-/m10/s1. The molecule has 0 unspecified atom stereocenters. The van der Waals surface area contributed by atoms with Crippen LogP contribution in [0.1, 0.15) is 12.5 Å². The summed E-state index contributed by atoms with van der Waals surface area (Å²) < 4.78 is 38.9. The van der Waals surface area contributed by atoms with E-state index in [1.165, 1.54) is 23.5 Å². The number of aromatic nitrogens is 4. The van der Waals surface area contributed by atoms with E-state index in [1.54, 1.807) is 0 Å². The van der Waals surface area contributed by atoms with E-state index < -0.39 is 58.0 Å². The van der Waals surface area contributed by atoms with Crippen molar-refractivity contribution in [1.82, 2.24) is 19.1 Å². The summed E-state index contributed by atoms with van der Waals surface area (Å²) in [6, 6.07) is 0. The van der Waals surface area contributed by atoms with Gasteiger partial charge in [0.1, 0.15) is 23.3 Å². The second-order valence-corrected chi connectivity index (χ2v) is 8.79. The molecule has 2 saturated heterocycles. The van der Waals surface area contributed by atoms with E-state index in [2.05, 4.69) is 9.97 Å². The Hall–Kier alpha value is -2.24. The number of ether oxygens (including phenoxy) is 2. The van der Waals surface area contributed by atoms with Crippen LogP contribution < -0.4 is 22.8 Å². The molecule has 32 heavy (non-hydrogen) atoms. The lowest BCUT2D eigenvalue weighted by molar-refractivity contribution is -0.00681. The highest BCUT2D eigenvalue weighted by atomic mass is 32.2. The topological polar surface area (TPSA) is 181 Å². The van der Waals surface area contributed by atoms with Gasteiger partial charge in [-0.1, -0.05) is 0 Å². The van der Waals surface area contributed by atoms with Crippen LogP contribution in [0, 0.1) is 11.6 Å². The number of aliphatic hydroxyl groups is 2. The number of nitrogens with two attached hydrogens (primary N) is 2. The van der Waals surface area contributed by atoms with Crippen molar-refractivity contribution in [2.75, 3.05) is 36.2 Å². The van der Waals surface area contributed by atoms with E-state index >= 15 is 0 Å². The Balaban J connectivity index is 0.000000181. The van der Waals surface area contributed by atoms with E-state index in [0.29, 0.717) is 11.5 Å². The lowest BCUT2D eigenvalue weighted by atomic mass is 10.5. The fraction of sp³-hybridized carbons (Fsp3) is 0.500. The van der Waals surface area contributed by atoms with E-state index in [4.69, 9.17) is 31.2 Å².